The summed E-state index contributed by atoms with van der Waals surface area (Å²) in [6.45, 7) is 3.09. The minimum Gasteiger partial charge on any atom is -0.507 e. The van der Waals surface area contributed by atoms with Crippen LogP contribution in [0.25, 0.3) is 5.57 Å². The van der Waals surface area contributed by atoms with Gasteiger partial charge in [-0.2, -0.15) is 5.06 Å². The first-order chi connectivity index (χ1) is 10.5. The van der Waals surface area contributed by atoms with Crippen LogP contribution in [0.15, 0.2) is 24.0 Å². The van der Waals surface area contributed by atoms with Gasteiger partial charge in [0.25, 0.3) is 0 Å². The normalized spacial score (nSPS) is 21.5. The molecule has 0 unspecified atom stereocenters. The van der Waals surface area contributed by atoms with E-state index in [1.54, 1.807) is 24.3 Å². The van der Waals surface area contributed by atoms with Gasteiger partial charge in [-0.15, -0.1) is 0 Å². The average Bonchev–Trinajstić information content (AvgIpc) is 2.72. The summed E-state index contributed by atoms with van der Waals surface area (Å²) in [5.74, 6) is -0.534. The lowest BCUT2D eigenvalue weighted by molar-refractivity contribution is -0.182. The highest BCUT2D eigenvalue weighted by Crippen LogP contribution is 2.44. The zero-order chi connectivity index (χ0) is 15.9. The molecule has 0 atom stereocenters. The number of hydrogen-bond acceptors (Lipinski definition) is 5. The van der Waals surface area contributed by atoms with Crippen LogP contribution in [0.4, 0.5) is 0 Å². The van der Waals surface area contributed by atoms with E-state index in [-0.39, 0.29) is 11.3 Å². The predicted octanol–water partition coefficient (Wildman–Crippen LogP) is 2.87. The molecule has 118 valence electrons. The maximum absolute atomic E-state index is 12.3. The lowest BCUT2D eigenvalue weighted by atomic mass is 9.88. The number of hydrogen-bond donors (Lipinski definition) is 1. The minimum atomic E-state index is -0.949. The highest BCUT2D eigenvalue weighted by atomic mass is 35.5. The molecule has 6 heteroatoms. The SMILES string of the molecule is CON1CCC2(CC1)OC(=O)C(c1ccc(C)cc1Cl)=C2O. The Balaban J connectivity index is 1.99. The number of halogens is 1. The molecule has 0 radical (unpaired) electrons. The number of carbonyl (C=O) groups is 1. The van der Waals surface area contributed by atoms with E-state index < -0.39 is 11.6 Å². The van der Waals surface area contributed by atoms with Crippen LogP contribution in [0.1, 0.15) is 24.0 Å². The van der Waals surface area contributed by atoms with Gasteiger partial charge in [0.1, 0.15) is 5.57 Å². The number of aliphatic hydroxyl groups excluding tert-OH is 1. The summed E-state index contributed by atoms with van der Waals surface area (Å²) in [5.41, 5.74) is 0.732. The van der Waals surface area contributed by atoms with Crippen LogP contribution in [-0.2, 0) is 14.4 Å². The second-order valence-electron chi connectivity index (χ2n) is 5.70. The van der Waals surface area contributed by atoms with E-state index >= 15 is 0 Å². The number of rotatable bonds is 2. The first-order valence-electron chi connectivity index (χ1n) is 7.19. The van der Waals surface area contributed by atoms with Gasteiger partial charge in [-0.05, 0) is 18.6 Å². The van der Waals surface area contributed by atoms with E-state index in [9.17, 15) is 9.90 Å². The van der Waals surface area contributed by atoms with Gasteiger partial charge in [0, 0.05) is 36.5 Å². The molecule has 1 aromatic carbocycles. The quantitative estimate of drug-likeness (QED) is 0.848. The third-order valence-corrected chi connectivity index (χ3v) is 4.66. The number of benzene rings is 1. The Kier molecular flexibility index (Phi) is 3.89. The zero-order valence-corrected chi connectivity index (χ0v) is 13.3. The molecule has 2 aliphatic rings. The number of hydroxylamine groups is 2. The predicted molar refractivity (Wildman–Crippen MR) is 82.4 cm³/mol. The maximum Gasteiger partial charge on any atom is 0.343 e. The number of aryl methyl sites for hydroxylation is 1. The number of nitrogens with zero attached hydrogens (tertiary/aromatic N) is 1. The van der Waals surface area contributed by atoms with E-state index in [2.05, 4.69) is 0 Å². The summed E-state index contributed by atoms with van der Waals surface area (Å²) in [7, 11) is 1.60. The van der Waals surface area contributed by atoms with Crippen LogP contribution < -0.4 is 0 Å². The Hall–Kier alpha value is -1.56. The standard InChI is InChI=1S/C16H18ClNO4/c1-10-3-4-11(12(17)9-10)13-14(19)16(22-15(13)20)5-7-18(21-2)8-6-16/h3-4,9,19H,5-8H2,1-2H3. The van der Waals surface area contributed by atoms with Gasteiger partial charge in [0.2, 0.25) is 0 Å². The van der Waals surface area contributed by atoms with Crippen molar-refractivity contribution in [1.82, 2.24) is 5.06 Å². The zero-order valence-electron chi connectivity index (χ0n) is 12.6. The van der Waals surface area contributed by atoms with Crippen LogP contribution in [0.3, 0.4) is 0 Å². The van der Waals surface area contributed by atoms with Crippen LogP contribution in [-0.4, -0.2) is 41.9 Å². The van der Waals surface area contributed by atoms with E-state index in [4.69, 9.17) is 21.2 Å². The molecular formula is C16H18ClNO4. The summed E-state index contributed by atoms with van der Waals surface area (Å²) in [6, 6.07) is 5.37. The molecule has 2 aliphatic heterocycles. The second kappa shape index (κ2) is 5.57. The fourth-order valence-corrected chi connectivity index (χ4v) is 3.36. The molecule has 1 spiro atoms. The van der Waals surface area contributed by atoms with Crippen molar-refractivity contribution in [3.8, 4) is 0 Å². The monoisotopic (exact) mass is 323 g/mol. The van der Waals surface area contributed by atoms with Gasteiger partial charge in [-0.3, -0.25) is 0 Å². The number of aliphatic hydroxyl groups is 1. The molecule has 22 heavy (non-hydrogen) atoms. The average molecular weight is 324 g/mol. The number of esters is 1. The molecule has 3 rings (SSSR count). The van der Waals surface area contributed by atoms with Crippen molar-refractivity contribution >= 4 is 23.1 Å². The maximum atomic E-state index is 12.3. The molecule has 0 saturated carbocycles. The molecule has 0 aliphatic carbocycles. The van der Waals surface area contributed by atoms with Crippen molar-refractivity contribution in [2.75, 3.05) is 20.2 Å². The third-order valence-electron chi connectivity index (χ3n) is 4.34. The van der Waals surface area contributed by atoms with E-state index in [0.29, 0.717) is 36.5 Å². The summed E-state index contributed by atoms with van der Waals surface area (Å²) in [5, 5.41) is 12.9. The van der Waals surface area contributed by atoms with Crippen LogP contribution in [0.5, 0.6) is 0 Å². The molecule has 5 nitrogen and oxygen atoms in total. The van der Waals surface area contributed by atoms with Gasteiger partial charge in [0.05, 0.1) is 7.11 Å². The fraction of sp³-hybridized carbons (Fsp3) is 0.438. The van der Waals surface area contributed by atoms with E-state index in [1.807, 2.05) is 13.0 Å². The van der Waals surface area contributed by atoms with Crippen molar-refractivity contribution in [2.45, 2.75) is 25.4 Å². The topological polar surface area (TPSA) is 59.0 Å². The van der Waals surface area contributed by atoms with Crippen LogP contribution in [0.2, 0.25) is 5.02 Å². The van der Waals surface area contributed by atoms with E-state index in [1.165, 1.54) is 0 Å². The van der Waals surface area contributed by atoms with Crippen molar-refractivity contribution < 1.29 is 19.5 Å². The largest absolute Gasteiger partial charge is 0.507 e. The minimum absolute atomic E-state index is 0.0148. The van der Waals surface area contributed by atoms with Crippen molar-refractivity contribution in [3.63, 3.8) is 0 Å². The Morgan fingerprint density at radius 3 is 2.64 bits per heavy atom. The van der Waals surface area contributed by atoms with Crippen molar-refractivity contribution in [2.24, 2.45) is 0 Å². The summed E-state index contributed by atoms with van der Waals surface area (Å²) < 4.78 is 5.54. The lowest BCUT2D eigenvalue weighted by Gasteiger charge is -2.36. The molecule has 0 aromatic heterocycles. The Labute approximate surface area is 134 Å². The van der Waals surface area contributed by atoms with E-state index in [0.717, 1.165) is 5.56 Å². The van der Waals surface area contributed by atoms with Gasteiger partial charge in [-0.1, -0.05) is 23.7 Å². The van der Waals surface area contributed by atoms with Gasteiger partial charge in [0.15, 0.2) is 11.4 Å². The van der Waals surface area contributed by atoms with Crippen LogP contribution >= 0.6 is 11.6 Å². The summed E-state index contributed by atoms with van der Waals surface area (Å²) in [6.07, 6.45) is 0.983. The van der Waals surface area contributed by atoms with Crippen LogP contribution in [0, 0.1) is 6.92 Å². The summed E-state index contributed by atoms with van der Waals surface area (Å²) in [4.78, 5) is 17.5. The first kappa shape index (κ1) is 15.3. The Morgan fingerprint density at radius 2 is 2.05 bits per heavy atom. The molecule has 1 saturated heterocycles. The third kappa shape index (κ3) is 2.39. The van der Waals surface area contributed by atoms with Gasteiger partial charge >= 0.3 is 5.97 Å². The molecule has 2 heterocycles. The Morgan fingerprint density at radius 1 is 1.36 bits per heavy atom. The molecular weight excluding hydrogens is 306 g/mol. The second-order valence-corrected chi connectivity index (χ2v) is 6.11. The lowest BCUT2D eigenvalue weighted by Crippen LogP contribution is -2.45. The first-order valence-corrected chi connectivity index (χ1v) is 7.57. The number of carbonyl (C=O) groups excluding carboxylic acids is 1. The highest BCUT2D eigenvalue weighted by Gasteiger charge is 2.50. The molecule has 1 N–H and O–H groups in total. The summed E-state index contributed by atoms with van der Waals surface area (Å²) >= 11 is 6.23. The Bertz CT molecular complexity index is 648. The fourth-order valence-electron chi connectivity index (χ4n) is 3.03. The van der Waals surface area contributed by atoms with Crippen molar-refractivity contribution in [1.29, 1.82) is 0 Å². The number of ether oxygens (including phenoxy) is 1. The highest BCUT2D eigenvalue weighted by molar-refractivity contribution is 6.35. The molecule has 1 fully saturated rings. The molecule has 0 bridgehead atoms. The number of piperidine rings is 1. The van der Waals surface area contributed by atoms with Gasteiger partial charge in [-0.25, -0.2) is 4.79 Å². The molecule has 1 aromatic rings. The smallest absolute Gasteiger partial charge is 0.343 e. The van der Waals surface area contributed by atoms with Crippen molar-refractivity contribution in [3.05, 3.63) is 40.1 Å². The van der Waals surface area contributed by atoms with Gasteiger partial charge < -0.3 is 14.7 Å². The molecule has 0 amide bonds.